The molecular weight excluding hydrogens is 126 g/mol. The van der Waals surface area contributed by atoms with Crippen LogP contribution >= 0.6 is 0 Å². The Bertz CT molecular complexity index is 131. The van der Waals surface area contributed by atoms with Gasteiger partial charge in [-0.2, -0.15) is 0 Å². The van der Waals surface area contributed by atoms with Crippen molar-refractivity contribution in [3.05, 3.63) is 0 Å². The summed E-state index contributed by atoms with van der Waals surface area (Å²) in [4.78, 5) is 12.4. The van der Waals surface area contributed by atoms with Gasteiger partial charge in [0.1, 0.15) is 6.54 Å². The molecule has 10 heavy (non-hydrogen) atoms. The molecule has 1 fully saturated rings. The Morgan fingerprint density at radius 3 is 2.60 bits per heavy atom. The van der Waals surface area contributed by atoms with Gasteiger partial charge >= 0.3 is 0 Å². The van der Waals surface area contributed by atoms with Gasteiger partial charge in [0.05, 0.1) is 12.6 Å². The Morgan fingerprint density at radius 1 is 1.50 bits per heavy atom. The zero-order valence-electron chi connectivity index (χ0n) is 6.81. The highest BCUT2D eigenvalue weighted by Gasteiger charge is 2.21. The van der Waals surface area contributed by atoms with Crippen molar-refractivity contribution in [2.24, 2.45) is 0 Å². The standard InChI is InChI=1S/C8H15NO/c1-7(2)9-5-3-4-8(10)6-9/h7H,3-6H2,1-2H3/p+1. The van der Waals surface area contributed by atoms with Crippen molar-refractivity contribution in [3.63, 3.8) is 0 Å². The fourth-order valence-corrected chi connectivity index (χ4v) is 1.44. The molecule has 2 nitrogen and oxygen atoms in total. The summed E-state index contributed by atoms with van der Waals surface area (Å²) in [5, 5.41) is 0. The van der Waals surface area contributed by atoms with Crippen molar-refractivity contribution in [1.29, 1.82) is 0 Å². The normalized spacial score (nSPS) is 27.5. The lowest BCUT2D eigenvalue weighted by Gasteiger charge is -2.25. The Morgan fingerprint density at radius 2 is 2.20 bits per heavy atom. The fourth-order valence-electron chi connectivity index (χ4n) is 1.44. The van der Waals surface area contributed by atoms with Gasteiger partial charge in [-0.05, 0) is 13.8 Å². The van der Waals surface area contributed by atoms with Crippen LogP contribution in [-0.4, -0.2) is 24.9 Å². The number of likely N-dealkylation sites (tertiary alicyclic amines) is 1. The second-order valence-electron chi connectivity index (χ2n) is 3.38. The Labute approximate surface area is 62.2 Å². The molecule has 1 heterocycles. The Balaban J connectivity index is 2.39. The summed E-state index contributed by atoms with van der Waals surface area (Å²) >= 11 is 0. The van der Waals surface area contributed by atoms with Gasteiger partial charge in [-0.25, -0.2) is 0 Å². The summed E-state index contributed by atoms with van der Waals surface area (Å²) in [5.74, 6) is 0.440. The predicted octanol–water partition coefficient (Wildman–Crippen LogP) is -0.357. The Hall–Kier alpha value is -0.370. The first-order chi connectivity index (χ1) is 4.70. The van der Waals surface area contributed by atoms with Crippen LogP contribution in [0.2, 0.25) is 0 Å². The first-order valence-corrected chi connectivity index (χ1v) is 4.06. The minimum Gasteiger partial charge on any atom is -0.327 e. The van der Waals surface area contributed by atoms with Gasteiger partial charge < -0.3 is 4.90 Å². The van der Waals surface area contributed by atoms with E-state index in [0.717, 1.165) is 19.4 Å². The van der Waals surface area contributed by atoms with E-state index >= 15 is 0 Å². The van der Waals surface area contributed by atoms with Crippen molar-refractivity contribution < 1.29 is 9.69 Å². The molecular formula is C8H16NO+. The van der Waals surface area contributed by atoms with Gasteiger partial charge in [0.2, 0.25) is 0 Å². The summed E-state index contributed by atoms with van der Waals surface area (Å²) in [6.07, 6.45) is 1.91. The van der Waals surface area contributed by atoms with Crippen LogP contribution in [0.1, 0.15) is 26.7 Å². The van der Waals surface area contributed by atoms with E-state index in [1.807, 2.05) is 0 Å². The van der Waals surface area contributed by atoms with E-state index in [-0.39, 0.29) is 0 Å². The maximum atomic E-state index is 11.0. The predicted molar refractivity (Wildman–Crippen MR) is 40.1 cm³/mol. The van der Waals surface area contributed by atoms with Crippen molar-refractivity contribution in [1.82, 2.24) is 0 Å². The first kappa shape index (κ1) is 7.73. The van der Waals surface area contributed by atoms with Crippen LogP contribution in [0.25, 0.3) is 0 Å². The highest BCUT2D eigenvalue weighted by atomic mass is 16.1. The van der Waals surface area contributed by atoms with Crippen molar-refractivity contribution in [2.45, 2.75) is 32.7 Å². The van der Waals surface area contributed by atoms with Gasteiger partial charge in [-0.3, -0.25) is 4.79 Å². The van der Waals surface area contributed by atoms with E-state index in [4.69, 9.17) is 0 Å². The molecule has 0 spiro atoms. The highest BCUT2D eigenvalue weighted by Crippen LogP contribution is 1.91. The molecule has 1 saturated heterocycles. The number of Topliss-reactive ketones (excluding diaryl/α,β-unsaturated/α-hetero) is 1. The van der Waals surface area contributed by atoms with Crippen LogP contribution in [-0.2, 0) is 4.79 Å². The van der Waals surface area contributed by atoms with E-state index < -0.39 is 0 Å². The number of hydrogen-bond donors (Lipinski definition) is 1. The van der Waals surface area contributed by atoms with Crippen LogP contribution in [0.4, 0.5) is 0 Å². The van der Waals surface area contributed by atoms with Crippen LogP contribution in [0.3, 0.4) is 0 Å². The number of nitrogens with one attached hydrogen (secondary N) is 1. The van der Waals surface area contributed by atoms with Crippen LogP contribution in [0.5, 0.6) is 0 Å². The highest BCUT2D eigenvalue weighted by molar-refractivity contribution is 5.79. The van der Waals surface area contributed by atoms with Gasteiger partial charge in [0.25, 0.3) is 0 Å². The average molecular weight is 142 g/mol. The number of rotatable bonds is 1. The van der Waals surface area contributed by atoms with Crippen molar-refractivity contribution in [3.8, 4) is 0 Å². The third-order valence-corrected chi connectivity index (χ3v) is 2.19. The summed E-state index contributed by atoms with van der Waals surface area (Å²) in [6.45, 7) is 6.29. The van der Waals surface area contributed by atoms with Gasteiger partial charge in [-0.1, -0.05) is 0 Å². The topological polar surface area (TPSA) is 21.5 Å². The third-order valence-electron chi connectivity index (χ3n) is 2.19. The maximum absolute atomic E-state index is 11.0. The SMILES string of the molecule is CC(C)[NH+]1CCCC(=O)C1. The van der Waals surface area contributed by atoms with Gasteiger partial charge in [0, 0.05) is 12.8 Å². The molecule has 1 aliphatic heterocycles. The smallest absolute Gasteiger partial charge is 0.187 e. The fraction of sp³-hybridized carbons (Fsp3) is 0.875. The van der Waals surface area contributed by atoms with E-state index in [1.54, 1.807) is 0 Å². The van der Waals surface area contributed by atoms with Crippen molar-refractivity contribution in [2.75, 3.05) is 13.1 Å². The van der Waals surface area contributed by atoms with E-state index in [2.05, 4.69) is 13.8 Å². The van der Waals surface area contributed by atoms with E-state index in [9.17, 15) is 4.79 Å². The van der Waals surface area contributed by atoms with Gasteiger partial charge in [-0.15, -0.1) is 0 Å². The van der Waals surface area contributed by atoms with Crippen molar-refractivity contribution >= 4 is 5.78 Å². The molecule has 1 rings (SSSR count). The summed E-state index contributed by atoms with van der Waals surface area (Å²) < 4.78 is 0. The molecule has 58 valence electrons. The molecule has 0 radical (unpaired) electrons. The molecule has 0 aromatic heterocycles. The zero-order valence-corrected chi connectivity index (χ0v) is 6.81. The largest absolute Gasteiger partial charge is 0.327 e. The Kier molecular flexibility index (Phi) is 2.44. The number of piperidine rings is 1. The molecule has 0 aliphatic carbocycles. The lowest BCUT2D eigenvalue weighted by molar-refractivity contribution is -0.916. The molecule has 0 aromatic rings. The first-order valence-electron chi connectivity index (χ1n) is 4.06. The van der Waals surface area contributed by atoms with Crippen LogP contribution in [0.15, 0.2) is 0 Å². The maximum Gasteiger partial charge on any atom is 0.187 e. The van der Waals surface area contributed by atoms with Crippen LogP contribution < -0.4 is 4.90 Å². The molecule has 0 aromatic carbocycles. The zero-order chi connectivity index (χ0) is 7.56. The second kappa shape index (κ2) is 3.15. The summed E-state index contributed by atoms with van der Waals surface area (Å²) in [6, 6.07) is 0.615. The lowest BCUT2D eigenvalue weighted by atomic mass is 10.1. The monoisotopic (exact) mass is 142 g/mol. The molecule has 0 saturated carbocycles. The number of ketones is 1. The molecule has 1 aliphatic rings. The number of carbonyl (C=O) groups excluding carboxylic acids is 1. The summed E-state index contributed by atoms with van der Waals surface area (Å²) in [7, 11) is 0. The minimum atomic E-state index is 0.440. The van der Waals surface area contributed by atoms with E-state index in [0.29, 0.717) is 11.8 Å². The molecule has 1 unspecified atom stereocenters. The molecule has 2 heteroatoms. The molecule has 0 bridgehead atoms. The number of carbonyl (C=O) groups is 1. The molecule has 0 amide bonds. The summed E-state index contributed by atoms with van der Waals surface area (Å²) in [5.41, 5.74) is 0. The quantitative estimate of drug-likeness (QED) is 0.530. The van der Waals surface area contributed by atoms with Gasteiger partial charge in [0.15, 0.2) is 5.78 Å². The average Bonchev–Trinajstić information content (AvgIpc) is 1.88. The molecule has 1 atom stereocenters. The number of quaternary nitrogens is 1. The molecule has 1 N–H and O–H groups in total. The third kappa shape index (κ3) is 1.81. The van der Waals surface area contributed by atoms with E-state index in [1.165, 1.54) is 11.4 Å². The second-order valence-corrected chi connectivity index (χ2v) is 3.38. The van der Waals surface area contributed by atoms with Crippen LogP contribution in [0, 0.1) is 0 Å². The minimum absolute atomic E-state index is 0.440. The lowest BCUT2D eigenvalue weighted by Crippen LogP contribution is -3.16. The number of hydrogen-bond acceptors (Lipinski definition) is 1.